The number of nitrogens with one attached hydrogen (secondary N) is 1. The van der Waals surface area contributed by atoms with Crippen LogP contribution in [0.4, 0.5) is 5.69 Å². The summed E-state index contributed by atoms with van der Waals surface area (Å²) >= 11 is 0. The summed E-state index contributed by atoms with van der Waals surface area (Å²) in [6.07, 6.45) is 0.896. The summed E-state index contributed by atoms with van der Waals surface area (Å²) in [4.78, 5) is 4.52. The Morgan fingerprint density at radius 2 is 1.95 bits per heavy atom. The minimum absolute atomic E-state index is 0.267. The zero-order chi connectivity index (χ0) is 13.8. The molecule has 0 fully saturated rings. The lowest BCUT2D eigenvalue weighted by molar-refractivity contribution is 0.475. The first kappa shape index (κ1) is 13.4. The molecule has 102 valence electrons. The van der Waals surface area contributed by atoms with Crippen LogP contribution < -0.4 is 5.32 Å². The molecule has 19 heavy (non-hydrogen) atoms. The number of phenols is 1. The third-order valence-corrected chi connectivity index (χ3v) is 2.81. The van der Waals surface area contributed by atoms with Crippen molar-refractivity contribution in [3.8, 4) is 5.75 Å². The monoisotopic (exact) mass is 260 g/mol. The van der Waals surface area contributed by atoms with Gasteiger partial charge in [-0.3, -0.25) is 4.68 Å². The van der Waals surface area contributed by atoms with Crippen LogP contribution in [0.25, 0.3) is 0 Å². The van der Waals surface area contributed by atoms with E-state index < -0.39 is 0 Å². The Kier molecular flexibility index (Phi) is 4.04. The van der Waals surface area contributed by atoms with Gasteiger partial charge in [0.25, 0.3) is 0 Å². The van der Waals surface area contributed by atoms with Gasteiger partial charge in [-0.05, 0) is 30.2 Å². The highest BCUT2D eigenvalue weighted by Gasteiger charge is 2.08. The molecule has 0 atom stereocenters. The second-order valence-corrected chi connectivity index (χ2v) is 5.07. The number of aromatic nitrogens is 3. The highest BCUT2D eigenvalue weighted by Crippen LogP contribution is 2.14. The molecule has 2 aromatic rings. The first-order valence-electron chi connectivity index (χ1n) is 6.46. The molecule has 0 bridgehead atoms. The van der Waals surface area contributed by atoms with E-state index in [-0.39, 0.29) is 5.75 Å². The number of hydrogen-bond acceptors (Lipinski definition) is 4. The molecule has 1 aromatic carbocycles. The topological polar surface area (TPSA) is 63.0 Å². The Morgan fingerprint density at radius 3 is 2.58 bits per heavy atom. The van der Waals surface area contributed by atoms with Crippen molar-refractivity contribution in [1.82, 2.24) is 14.8 Å². The normalized spacial score (nSPS) is 10.9. The largest absolute Gasteiger partial charge is 0.508 e. The van der Waals surface area contributed by atoms with Gasteiger partial charge in [-0.2, -0.15) is 5.10 Å². The van der Waals surface area contributed by atoms with E-state index in [2.05, 4.69) is 29.2 Å². The maximum atomic E-state index is 9.22. The summed E-state index contributed by atoms with van der Waals surface area (Å²) in [5.74, 6) is 2.62. The van der Waals surface area contributed by atoms with E-state index in [1.165, 1.54) is 0 Å². The average molecular weight is 260 g/mol. The smallest absolute Gasteiger partial charge is 0.151 e. The highest BCUT2D eigenvalue weighted by molar-refractivity contribution is 5.45. The first-order chi connectivity index (χ1) is 9.04. The molecule has 0 radical (unpaired) electrons. The van der Waals surface area contributed by atoms with Gasteiger partial charge in [0, 0.05) is 19.2 Å². The van der Waals surface area contributed by atoms with Crippen molar-refractivity contribution in [2.75, 3.05) is 5.32 Å². The standard InChI is InChI=1S/C14H20N4O/c1-10(2)8-13-16-14(18(3)17-13)9-15-11-4-6-12(19)7-5-11/h4-7,10,15,19H,8-9H2,1-3H3. The van der Waals surface area contributed by atoms with Crippen LogP contribution in [0.2, 0.25) is 0 Å². The van der Waals surface area contributed by atoms with E-state index in [0.29, 0.717) is 12.5 Å². The van der Waals surface area contributed by atoms with E-state index in [1.54, 1.807) is 12.1 Å². The van der Waals surface area contributed by atoms with Crippen molar-refractivity contribution in [3.63, 3.8) is 0 Å². The summed E-state index contributed by atoms with van der Waals surface area (Å²) in [5.41, 5.74) is 0.950. The summed E-state index contributed by atoms with van der Waals surface area (Å²) in [5, 5.41) is 16.9. The number of phenolic OH excluding ortho intramolecular Hbond substituents is 1. The zero-order valence-corrected chi connectivity index (χ0v) is 11.6. The number of aryl methyl sites for hydroxylation is 1. The van der Waals surface area contributed by atoms with Crippen molar-refractivity contribution in [2.24, 2.45) is 13.0 Å². The lowest BCUT2D eigenvalue weighted by Crippen LogP contribution is -2.06. The molecule has 0 amide bonds. The molecule has 0 saturated carbocycles. The molecule has 0 aliphatic rings. The minimum atomic E-state index is 0.267. The number of anilines is 1. The van der Waals surface area contributed by atoms with Crippen LogP contribution in [0.15, 0.2) is 24.3 Å². The molecular formula is C14H20N4O. The van der Waals surface area contributed by atoms with Crippen molar-refractivity contribution in [1.29, 1.82) is 0 Å². The molecule has 0 saturated heterocycles. The third-order valence-electron chi connectivity index (χ3n) is 2.81. The van der Waals surface area contributed by atoms with Crippen LogP contribution in [0.1, 0.15) is 25.5 Å². The second kappa shape index (κ2) is 5.73. The van der Waals surface area contributed by atoms with Gasteiger partial charge in [0.2, 0.25) is 0 Å². The molecule has 5 nitrogen and oxygen atoms in total. The van der Waals surface area contributed by atoms with E-state index >= 15 is 0 Å². The predicted molar refractivity (Wildman–Crippen MR) is 75.0 cm³/mol. The predicted octanol–water partition coefficient (Wildman–Crippen LogP) is 2.33. The van der Waals surface area contributed by atoms with Crippen LogP contribution >= 0.6 is 0 Å². The Balaban J connectivity index is 1.99. The van der Waals surface area contributed by atoms with Crippen LogP contribution in [0.3, 0.4) is 0 Å². The molecule has 5 heteroatoms. The molecule has 0 spiro atoms. The fourth-order valence-electron chi connectivity index (χ4n) is 1.84. The summed E-state index contributed by atoms with van der Waals surface area (Å²) in [6.45, 7) is 4.93. The second-order valence-electron chi connectivity index (χ2n) is 5.07. The fraction of sp³-hybridized carbons (Fsp3) is 0.429. The van der Waals surface area contributed by atoms with Gasteiger partial charge in [-0.25, -0.2) is 4.98 Å². The number of benzene rings is 1. The molecule has 1 heterocycles. The fourth-order valence-corrected chi connectivity index (χ4v) is 1.84. The van der Waals surface area contributed by atoms with Crippen LogP contribution in [-0.4, -0.2) is 19.9 Å². The lowest BCUT2D eigenvalue weighted by Gasteiger charge is -2.05. The number of hydrogen-bond donors (Lipinski definition) is 2. The van der Waals surface area contributed by atoms with Gasteiger partial charge in [-0.15, -0.1) is 0 Å². The van der Waals surface area contributed by atoms with Crippen molar-refractivity contribution in [2.45, 2.75) is 26.8 Å². The molecule has 1 aromatic heterocycles. The third kappa shape index (κ3) is 3.71. The zero-order valence-electron chi connectivity index (χ0n) is 11.6. The van der Waals surface area contributed by atoms with Gasteiger partial charge in [0.1, 0.15) is 11.6 Å². The Bertz CT molecular complexity index is 531. The number of aromatic hydroxyl groups is 1. The molecule has 0 aliphatic heterocycles. The van der Waals surface area contributed by atoms with Crippen LogP contribution in [0, 0.1) is 5.92 Å². The van der Waals surface area contributed by atoms with Crippen LogP contribution in [-0.2, 0) is 20.0 Å². The quantitative estimate of drug-likeness (QED) is 0.810. The maximum absolute atomic E-state index is 9.22. The highest BCUT2D eigenvalue weighted by atomic mass is 16.3. The first-order valence-corrected chi connectivity index (χ1v) is 6.46. The summed E-state index contributed by atoms with van der Waals surface area (Å²) in [6, 6.07) is 6.98. The Hall–Kier alpha value is -2.04. The van der Waals surface area contributed by atoms with Crippen molar-refractivity contribution >= 4 is 5.69 Å². The molecule has 0 unspecified atom stereocenters. The van der Waals surface area contributed by atoms with Gasteiger partial charge in [0.15, 0.2) is 5.82 Å². The number of rotatable bonds is 5. The van der Waals surface area contributed by atoms with Gasteiger partial charge in [-0.1, -0.05) is 13.8 Å². The van der Waals surface area contributed by atoms with E-state index in [0.717, 1.165) is 23.8 Å². The number of nitrogens with zero attached hydrogens (tertiary/aromatic N) is 3. The summed E-state index contributed by atoms with van der Waals surface area (Å²) < 4.78 is 1.81. The van der Waals surface area contributed by atoms with Gasteiger partial charge in [0.05, 0.1) is 6.54 Å². The molecule has 2 N–H and O–H groups in total. The minimum Gasteiger partial charge on any atom is -0.508 e. The average Bonchev–Trinajstić information content (AvgIpc) is 2.68. The molecule has 0 aliphatic carbocycles. The lowest BCUT2D eigenvalue weighted by atomic mass is 10.1. The van der Waals surface area contributed by atoms with E-state index in [9.17, 15) is 5.11 Å². The van der Waals surface area contributed by atoms with Crippen molar-refractivity contribution < 1.29 is 5.11 Å². The van der Waals surface area contributed by atoms with Gasteiger partial charge >= 0.3 is 0 Å². The van der Waals surface area contributed by atoms with E-state index in [1.807, 2.05) is 23.9 Å². The van der Waals surface area contributed by atoms with E-state index in [4.69, 9.17) is 0 Å². The summed E-state index contributed by atoms with van der Waals surface area (Å²) in [7, 11) is 1.91. The van der Waals surface area contributed by atoms with Crippen molar-refractivity contribution in [3.05, 3.63) is 35.9 Å². The van der Waals surface area contributed by atoms with Crippen LogP contribution in [0.5, 0.6) is 5.75 Å². The Labute approximate surface area is 113 Å². The maximum Gasteiger partial charge on any atom is 0.151 e. The van der Waals surface area contributed by atoms with Gasteiger partial charge < -0.3 is 10.4 Å². The Morgan fingerprint density at radius 1 is 1.26 bits per heavy atom. The molecular weight excluding hydrogens is 240 g/mol. The SMILES string of the molecule is CC(C)Cc1nc(CNc2ccc(O)cc2)n(C)n1. The molecule has 2 rings (SSSR count).